The molecule has 0 unspecified atom stereocenters. The fourth-order valence-corrected chi connectivity index (χ4v) is 3.06. The number of rotatable bonds is 2. The number of carbonyl (C=O) groups is 1. The van der Waals surface area contributed by atoms with Crippen LogP contribution in [0.5, 0.6) is 0 Å². The normalized spacial score (nSPS) is 11.4. The molecule has 0 radical (unpaired) electrons. The van der Waals surface area contributed by atoms with Gasteiger partial charge in [-0.3, -0.25) is 14.6 Å². The first-order chi connectivity index (χ1) is 15.2. The van der Waals surface area contributed by atoms with Gasteiger partial charge in [0.2, 0.25) is 0 Å². The van der Waals surface area contributed by atoms with Crippen molar-refractivity contribution in [2.45, 2.75) is 6.18 Å². The average Bonchev–Trinajstić information content (AvgIpc) is 3.36. The van der Waals surface area contributed by atoms with Crippen molar-refractivity contribution in [3.05, 3.63) is 61.3 Å². The summed E-state index contributed by atoms with van der Waals surface area (Å²) in [4.78, 5) is 25.5. The third kappa shape index (κ3) is 4.26. The lowest BCUT2D eigenvalue weighted by Crippen LogP contribution is -2.21. The summed E-state index contributed by atoms with van der Waals surface area (Å²) < 4.78 is 33.5. The minimum Gasteiger partial charge on any atom is -0.475 e. The first kappa shape index (κ1) is 21.0. The van der Waals surface area contributed by atoms with E-state index >= 15 is 0 Å². The number of hydrogen-bond acceptors (Lipinski definition) is 5. The zero-order valence-corrected chi connectivity index (χ0v) is 16.5. The van der Waals surface area contributed by atoms with E-state index in [0.29, 0.717) is 0 Å². The standard InChI is InChI=1S/C19H14N6.C2HF3O2/c1-25-6-4-16(24-25)13-7-15-14-8-17(12-3-2-5-20-9-12)21-11-18(14)23-19(15)22-10-13;3-2(4,5)1(6)7/h2-11H,1H3,(H,22,23);(H,6,7). The molecule has 32 heavy (non-hydrogen) atoms. The summed E-state index contributed by atoms with van der Waals surface area (Å²) in [5.41, 5.74) is 5.60. The fraction of sp³-hybridized carbons (Fsp3) is 0.0952. The quantitative estimate of drug-likeness (QED) is 0.426. The second-order valence-corrected chi connectivity index (χ2v) is 6.78. The Hall–Kier alpha value is -4.28. The number of aromatic amines is 1. The largest absolute Gasteiger partial charge is 0.490 e. The highest BCUT2D eigenvalue weighted by atomic mass is 19.4. The molecule has 0 aromatic carbocycles. The Morgan fingerprint density at radius 1 is 1.03 bits per heavy atom. The Bertz CT molecular complexity index is 1410. The molecule has 5 aromatic heterocycles. The van der Waals surface area contributed by atoms with Gasteiger partial charge in [-0.2, -0.15) is 18.3 Å². The molecular weight excluding hydrogens is 425 g/mol. The van der Waals surface area contributed by atoms with Gasteiger partial charge in [0, 0.05) is 53.7 Å². The molecule has 0 spiro atoms. The number of aromatic nitrogens is 6. The summed E-state index contributed by atoms with van der Waals surface area (Å²) in [7, 11) is 1.91. The molecule has 11 heteroatoms. The number of H-pyrrole nitrogens is 1. The Morgan fingerprint density at radius 2 is 1.81 bits per heavy atom. The summed E-state index contributed by atoms with van der Waals surface area (Å²) in [5.74, 6) is -2.76. The SMILES string of the molecule is Cn1ccc(-c2cnc3[nH]c4cnc(-c5cccnc5)cc4c3c2)n1.O=C(O)C(F)(F)F. The van der Waals surface area contributed by atoms with Crippen molar-refractivity contribution in [3.63, 3.8) is 0 Å². The van der Waals surface area contributed by atoms with Crippen molar-refractivity contribution in [1.82, 2.24) is 29.7 Å². The highest BCUT2D eigenvalue weighted by Gasteiger charge is 2.38. The maximum absolute atomic E-state index is 10.6. The van der Waals surface area contributed by atoms with Gasteiger partial charge in [0.25, 0.3) is 0 Å². The number of nitrogens with one attached hydrogen (secondary N) is 1. The molecule has 5 aromatic rings. The number of aryl methyl sites for hydroxylation is 1. The monoisotopic (exact) mass is 440 g/mol. The molecule has 0 saturated heterocycles. The second-order valence-electron chi connectivity index (χ2n) is 6.78. The number of fused-ring (bicyclic) bond motifs is 3. The van der Waals surface area contributed by atoms with Crippen LogP contribution < -0.4 is 0 Å². The van der Waals surface area contributed by atoms with E-state index in [4.69, 9.17) is 9.90 Å². The molecule has 0 fully saturated rings. The van der Waals surface area contributed by atoms with E-state index in [0.717, 1.165) is 44.5 Å². The molecule has 5 heterocycles. The van der Waals surface area contributed by atoms with Gasteiger partial charge in [-0.05, 0) is 30.3 Å². The summed E-state index contributed by atoms with van der Waals surface area (Å²) >= 11 is 0. The number of halogens is 3. The lowest BCUT2D eigenvalue weighted by molar-refractivity contribution is -0.192. The summed E-state index contributed by atoms with van der Waals surface area (Å²) in [6.45, 7) is 0. The van der Waals surface area contributed by atoms with E-state index in [-0.39, 0.29) is 0 Å². The third-order valence-electron chi connectivity index (χ3n) is 4.54. The van der Waals surface area contributed by atoms with E-state index in [1.54, 1.807) is 10.9 Å². The Labute approximate surface area is 178 Å². The summed E-state index contributed by atoms with van der Waals surface area (Å²) in [6.07, 6.45) is 4.12. The van der Waals surface area contributed by atoms with Crippen molar-refractivity contribution in [2.24, 2.45) is 7.05 Å². The smallest absolute Gasteiger partial charge is 0.475 e. The van der Waals surface area contributed by atoms with Gasteiger partial charge in [0.15, 0.2) is 0 Å². The van der Waals surface area contributed by atoms with Crippen molar-refractivity contribution in [1.29, 1.82) is 0 Å². The third-order valence-corrected chi connectivity index (χ3v) is 4.54. The van der Waals surface area contributed by atoms with Crippen LogP contribution in [-0.4, -0.2) is 47.0 Å². The first-order valence-corrected chi connectivity index (χ1v) is 9.20. The van der Waals surface area contributed by atoms with Crippen LogP contribution >= 0.6 is 0 Å². The van der Waals surface area contributed by atoms with Crippen LogP contribution in [0.1, 0.15) is 0 Å². The van der Waals surface area contributed by atoms with Crippen LogP contribution in [-0.2, 0) is 11.8 Å². The van der Waals surface area contributed by atoms with Crippen LogP contribution in [0.3, 0.4) is 0 Å². The molecule has 0 amide bonds. The van der Waals surface area contributed by atoms with Crippen LogP contribution in [0.15, 0.2) is 61.3 Å². The zero-order chi connectivity index (χ0) is 22.9. The van der Waals surface area contributed by atoms with Gasteiger partial charge in [0.1, 0.15) is 5.65 Å². The molecule has 0 saturated carbocycles. The first-order valence-electron chi connectivity index (χ1n) is 9.20. The molecule has 8 nitrogen and oxygen atoms in total. The molecule has 0 aliphatic rings. The minimum atomic E-state index is -5.08. The highest BCUT2D eigenvalue weighted by Crippen LogP contribution is 2.30. The van der Waals surface area contributed by atoms with Crippen LogP contribution in [0, 0.1) is 0 Å². The maximum Gasteiger partial charge on any atom is 0.490 e. The lowest BCUT2D eigenvalue weighted by Gasteiger charge is -2.00. The molecule has 0 bridgehead atoms. The van der Waals surface area contributed by atoms with E-state index in [1.165, 1.54) is 0 Å². The predicted molar refractivity (Wildman–Crippen MR) is 111 cm³/mol. The van der Waals surface area contributed by atoms with Crippen molar-refractivity contribution >= 4 is 27.9 Å². The minimum absolute atomic E-state index is 0.847. The van der Waals surface area contributed by atoms with Crippen LogP contribution in [0.2, 0.25) is 0 Å². The Balaban J connectivity index is 0.000000307. The topological polar surface area (TPSA) is 110 Å². The summed E-state index contributed by atoms with van der Waals surface area (Å²) in [6, 6.07) is 10.1. The van der Waals surface area contributed by atoms with E-state index in [9.17, 15) is 13.2 Å². The molecule has 5 rings (SSSR count). The van der Waals surface area contributed by atoms with Gasteiger partial charge < -0.3 is 10.1 Å². The number of nitrogens with zero attached hydrogens (tertiary/aromatic N) is 5. The van der Waals surface area contributed by atoms with Gasteiger partial charge in [-0.15, -0.1) is 0 Å². The van der Waals surface area contributed by atoms with E-state index in [1.807, 2.05) is 50.0 Å². The highest BCUT2D eigenvalue weighted by molar-refractivity contribution is 6.07. The van der Waals surface area contributed by atoms with Crippen LogP contribution in [0.4, 0.5) is 13.2 Å². The second kappa shape index (κ2) is 8.10. The Kier molecular flexibility index (Phi) is 5.31. The van der Waals surface area contributed by atoms with E-state index < -0.39 is 12.1 Å². The number of aliphatic carboxylic acids is 1. The number of carboxylic acid groups (broad SMARTS) is 1. The molecule has 0 aliphatic carbocycles. The van der Waals surface area contributed by atoms with Crippen LogP contribution in [0.25, 0.3) is 44.5 Å². The van der Waals surface area contributed by atoms with Gasteiger partial charge >= 0.3 is 12.1 Å². The molecular formula is C21H15F3N6O2. The van der Waals surface area contributed by atoms with Crippen molar-refractivity contribution in [3.8, 4) is 22.5 Å². The molecule has 0 atom stereocenters. The number of pyridine rings is 3. The van der Waals surface area contributed by atoms with Gasteiger partial charge in [0.05, 0.1) is 23.1 Å². The average molecular weight is 440 g/mol. The Morgan fingerprint density at radius 3 is 2.44 bits per heavy atom. The van der Waals surface area contributed by atoms with Crippen molar-refractivity contribution in [2.75, 3.05) is 0 Å². The molecule has 0 aliphatic heterocycles. The van der Waals surface area contributed by atoms with Crippen molar-refractivity contribution < 1.29 is 23.1 Å². The molecule has 162 valence electrons. The molecule has 2 N–H and O–H groups in total. The van der Waals surface area contributed by atoms with E-state index in [2.05, 4.69) is 37.2 Å². The number of hydrogen-bond donors (Lipinski definition) is 2. The number of carboxylic acids is 1. The number of alkyl halides is 3. The fourth-order valence-electron chi connectivity index (χ4n) is 3.06. The van der Waals surface area contributed by atoms with Gasteiger partial charge in [-0.1, -0.05) is 0 Å². The predicted octanol–water partition coefficient (Wildman–Crippen LogP) is 4.21. The maximum atomic E-state index is 10.6. The summed E-state index contributed by atoms with van der Waals surface area (Å²) in [5, 5.41) is 13.7. The zero-order valence-electron chi connectivity index (χ0n) is 16.5. The lowest BCUT2D eigenvalue weighted by atomic mass is 10.1. The van der Waals surface area contributed by atoms with Gasteiger partial charge in [-0.25, -0.2) is 9.78 Å².